The van der Waals surface area contributed by atoms with Gasteiger partial charge in [-0.25, -0.2) is 4.98 Å². The second kappa shape index (κ2) is 9.22. The minimum absolute atomic E-state index is 0.00289. The van der Waals surface area contributed by atoms with Gasteiger partial charge in [-0.15, -0.1) is 0 Å². The molecule has 2 aromatic rings. The van der Waals surface area contributed by atoms with Crippen molar-refractivity contribution in [2.45, 2.75) is 44.8 Å². The first-order valence-corrected chi connectivity index (χ1v) is 11.9. The molecule has 1 aliphatic heterocycles. The molecule has 9 heteroatoms. The van der Waals surface area contributed by atoms with Gasteiger partial charge < -0.3 is 31.1 Å². The van der Waals surface area contributed by atoms with Gasteiger partial charge in [-0.05, 0) is 69.5 Å². The van der Waals surface area contributed by atoms with E-state index in [1.54, 1.807) is 38.2 Å². The summed E-state index contributed by atoms with van der Waals surface area (Å²) in [6.45, 7) is 8.28. The van der Waals surface area contributed by atoms with E-state index in [9.17, 15) is 5.11 Å². The van der Waals surface area contributed by atoms with Crippen molar-refractivity contribution >= 4 is 22.9 Å². The maximum Gasteiger partial charge on any atom is 0.128 e. The van der Waals surface area contributed by atoms with Gasteiger partial charge in [0.15, 0.2) is 0 Å². The fourth-order valence-corrected chi connectivity index (χ4v) is 4.00. The summed E-state index contributed by atoms with van der Waals surface area (Å²) in [7, 11) is 0. The van der Waals surface area contributed by atoms with E-state index in [0.29, 0.717) is 49.0 Å². The van der Waals surface area contributed by atoms with Gasteiger partial charge in [-0.1, -0.05) is 0 Å². The maximum absolute atomic E-state index is 10.3. The third kappa shape index (κ3) is 5.74. The molecule has 186 valence electrons. The second-order valence-electron chi connectivity index (χ2n) is 10.1. The molecular weight excluding hydrogens is 442 g/mol. The Hall–Kier alpha value is -3.59. The van der Waals surface area contributed by atoms with E-state index in [1.807, 2.05) is 17.0 Å². The highest BCUT2D eigenvalue weighted by Gasteiger charge is 2.40. The van der Waals surface area contributed by atoms with E-state index in [2.05, 4.69) is 16.8 Å². The number of aromatic nitrogens is 1. The van der Waals surface area contributed by atoms with Gasteiger partial charge >= 0.3 is 0 Å². The minimum atomic E-state index is -0.928. The van der Waals surface area contributed by atoms with Crippen LogP contribution in [0.25, 0.3) is 0 Å². The Balaban J connectivity index is 1.39. The van der Waals surface area contributed by atoms with Gasteiger partial charge in [0.05, 0.1) is 17.0 Å². The molecule has 7 N–H and O–H groups in total. The highest BCUT2D eigenvalue weighted by atomic mass is 16.5. The predicted octanol–water partition coefficient (Wildman–Crippen LogP) is 2.83. The topological polar surface area (TPSA) is 149 Å². The minimum Gasteiger partial charge on any atom is -0.488 e. The molecule has 1 saturated heterocycles. The fourth-order valence-electron chi connectivity index (χ4n) is 4.00. The van der Waals surface area contributed by atoms with Gasteiger partial charge in [-0.2, -0.15) is 0 Å². The molecule has 0 spiro atoms. The lowest BCUT2D eigenvalue weighted by Crippen LogP contribution is -2.47. The number of nitrogens with zero attached hydrogens (tertiary/aromatic N) is 3. The van der Waals surface area contributed by atoms with Gasteiger partial charge in [0.1, 0.15) is 23.0 Å². The maximum atomic E-state index is 10.3. The third-order valence-electron chi connectivity index (χ3n) is 6.59. The number of nitrogens with two attached hydrogens (primary N) is 2. The Morgan fingerprint density at radius 1 is 1.14 bits per heavy atom. The molecule has 0 radical (unpaired) electrons. The van der Waals surface area contributed by atoms with E-state index in [4.69, 9.17) is 27.0 Å². The quantitative estimate of drug-likeness (QED) is 0.290. The number of nitrogens with one attached hydrogen (secondary N) is 2. The Labute approximate surface area is 206 Å². The number of nitrogen functional groups attached to an aromatic ring is 1. The Morgan fingerprint density at radius 3 is 2.46 bits per heavy atom. The largest absolute Gasteiger partial charge is 0.488 e. The summed E-state index contributed by atoms with van der Waals surface area (Å²) in [6.07, 6.45) is 5.24. The van der Waals surface area contributed by atoms with Crippen molar-refractivity contribution in [2.75, 3.05) is 36.8 Å². The van der Waals surface area contributed by atoms with Gasteiger partial charge in [0.2, 0.25) is 0 Å². The third-order valence-corrected chi connectivity index (χ3v) is 6.59. The zero-order valence-electron chi connectivity index (χ0n) is 20.6. The predicted molar refractivity (Wildman–Crippen MR) is 139 cm³/mol. The average molecular weight is 478 g/mol. The van der Waals surface area contributed by atoms with Gasteiger partial charge in [0, 0.05) is 49.7 Å². The first kappa shape index (κ1) is 24.5. The molecule has 0 atom stereocenters. The van der Waals surface area contributed by atoms with E-state index in [1.165, 1.54) is 6.08 Å². The van der Waals surface area contributed by atoms with Crippen LogP contribution in [0.2, 0.25) is 0 Å². The van der Waals surface area contributed by atoms with Crippen molar-refractivity contribution in [1.29, 1.82) is 10.8 Å². The van der Waals surface area contributed by atoms with Crippen LogP contribution in [0.15, 0.2) is 48.4 Å². The molecule has 0 amide bonds. The second-order valence-corrected chi connectivity index (χ2v) is 10.1. The van der Waals surface area contributed by atoms with Crippen LogP contribution in [-0.4, -0.2) is 58.2 Å². The van der Waals surface area contributed by atoms with E-state index in [0.717, 1.165) is 24.2 Å². The molecule has 2 aliphatic rings. The molecule has 35 heavy (non-hydrogen) atoms. The summed E-state index contributed by atoms with van der Waals surface area (Å²) in [5.41, 5.74) is 13.1. The monoisotopic (exact) mass is 477 g/mol. The Bertz CT molecular complexity index is 1160. The first-order valence-electron chi connectivity index (χ1n) is 11.9. The lowest BCUT2D eigenvalue weighted by Gasteiger charge is -2.37. The normalized spacial score (nSPS) is 17.8. The lowest BCUT2D eigenvalue weighted by molar-refractivity contribution is 0.0785. The van der Waals surface area contributed by atoms with Crippen LogP contribution < -0.4 is 21.1 Å². The van der Waals surface area contributed by atoms with Crippen LogP contribution in [0.3, 0.4) is 0 Å². The average Bonchev–Trinajstić information content (AvgIpc) is 3.55. The Kier molecular flexibility index (Phi) is 6.46. The van der Waals surface area contributed by atoms with Crippen LogP contribution in [0, 0.1) is 10.8 Å². The van der Waals surface area contributed by atoms with E-state index >= 15 is 0 Å². The summed E-state index contributed by atoms with van der Waals surface area (Å²) in [5.74, 6) is 1.91. The van der Waals surface area contributed by atoms with Crippen molar-refractivity contribution in [3.05, 3.63) is 59.6 Å². The van der Waals surface area contributed by atoms with Crippen molar-refractivity contribution in [3.8, 4) is 5.75 Å². The molecular formula is C26H35N7O2. The number of benzene rings is 1. The number of allylic oxidation sites excluding steroid dienone is 1. The first-order chi connectivity index (χ1) is 16.4. The van der Waals surface area contributed by atoms with Crippen LogP contribution in [0.4, 0.5) is 11.5 Å². The highest BCUT2D eigenvalue weighted by Crippen LogP contribution is 2.40. The molecule has 1 aromatic heterocycles. The molecule has 2 heterocycles. The summed E-state index contributed by atoms with van der Waals surface area (Å²) >= 11 is 0. The van der Waals surface area contributed by atoms with E-state index in [-0.39, 0.29) is 17.0 Å². The molecule has 1 aliphatic carbocycles. The van der Waals surface area contributed by atoms with Gasteiger partial charge in [-0.3, -0.25) is 10.8 Å². The van der Waals surface area contributed by atoms with Crippen molar-refractivity contribution < 1.29 is 9.84 Å². The zero-order valence-corrected chi connectivity index (χ0v) is 20.6. The number of hydrogen-bond donors (Lipinski definition) is 5. The molecule has 0 unspecified atom stereocenters. The Morgan fingerprint density at radius 2 is 1.83 bits per heavy atom. The summed E-state index contributed by atoms with van der Waals surface area (Å²) in [6, 6.07) is 8.98. The van der Waals surface area contributed by atoms with Crippen LogP contribution in [0.1, 0.15) is 44.7 Å². The van der Waals surface area contributed by atoms with Crippen molar-refractivity contribution in [1.82, 2.24) is 9.88 Å². The molecule has 9 nitrogen and oxygen atoms in total. The molecule has 1 aromatic carbocycles. The number of ether oxygens (including phenoxy) is 1. The SMILES string of the molecule is CC1(Oc2ccc(N)c(C(=N)C(=N)/C=C(\N)N3CCN(c4cc(C(C)(C)O)ccn4)CC3)c2)CC1. The van der Waals surface area contributed by atoms with Crippen molar-refractivity contribution in [2.24, 2.45) is 5.73 Å². The van der Waals surface area contributed by atoms with Crippen LogP contribution in [0.5, 0.6) is 5.75 Å². The van der Waals surface area contributed by atoms with Gasteiger partial charge in [0.25, 0.3) is 0 Å². The summed E-state index contributed by atoms with van der Waals surface area (Å²) in [5, 5.41) is 27.3. The highest BCUT2D eigenvalue weighted by molar-refractivity contribution is 6.50. The number of piperazine rings is 1. The number of hydrogen-bond acceptors (Lipinski definition) is 9. The van der Waals surface area contributed by atoms with Crippen molar-refractivity contribution in [3.63, 3.8) is 0 Å². The fraction of sp³-hybridized carbons (Fsp3) is 0.423. The van der Waals surface area contributed by atoms with Crippen LogP contribution >= 0.6 is 0 Å². The molecule has 0 bridgehead atoms. The smallest absolute Gasteiger partial charge is 0.128 e. The van der Waals surface area contributed by atoms with Crippen LogP contribution in [-0.2, 0) is 5.60 Å². The summed E-state index contributed by atoms with van der Waals surface area (Å²) in [4.78, 5) is 8.61. The standard InChI is InChI=1S/C26H35N7O2/c1-25(2,34)17-6-9-31-23(14-17)33-12-10-32(11-13-33)22(29)16-21(28)24(30)19-15-18(4-5-20(19)27)35-26(3)7-8-26/h4-6,9,14-16,28,30,34H,7-8,10-13,27,29H2,1-3H3/b22-16+,28-21?,30-24?. The molecule has 4 rings (SSSR count). The number of aliphatic hydroxyl groups is 1. The molecule has 2 fully saturated rings. The summed E-state index contributed by atoms with van der Waals surface area (Å²) < 4.78 is 5.99. The number of pyridine rings is 1. The number of rotatable bonds is 8. The van der Waals surface area contributed by atoms with E-state index < -0.39 is 5.60 Å². The molecule has 1 saturated carbocycles. The lowest BCUT2D eigenvalue weighted by atomic mass is 9.99. The number of anilines is 2. The zero-order chi connectivity index (χ0) is 25.4.